The van der Waals surface area contributed by atoms with Gasteiger partial charge in [-0.05, 0) is 60.4 Å². The van der Waals surface area contributed by atoms with Gasteiger partial charge in [0.2, 0.25) is 0 Å². The van der Waals surface area contributed by atoms with Crippen LogP contribution in [0, 0.1) is 13.8 Å². The number of alkyl halides is 1. The SMILES string of the molecule is CCC(C)c1ccc(C(Cl)Cc2ccc(C)c(C)c2)cc1. The van der Waals surface area contributed by atoms with Crippen LogP contribution in [0.25, 0.3) is 0 Å². The second-order valence-corrected chi connectivity index (χ2v) is 6.59. The molecule has 112 valence electrons. The minimum Gasteiger partial charge on any atom is -0.117 e. The predicted molar refractivity (Wildman–Crippen MR) is 93.4 cm³/mol. The average Bonchev–Trinajstić information content (AvgIpc) is 2.50. The molecule has 0 fully saturated rings. The summed E-state index contributed by atoms with van der Waals surface area (Å²) in [6, 6.07) is 15.4. The lowest BCUT2D eigenvalue weighted by atomic mass is 9.95. The van der Waals surface area contributed by atoms with Gasteiger partial charge in [-0.15, -0.1) is 11.6 Å². The van der Waals surface area contributed by atoms with E-state index in [0.29, 0.717) is 5.92 Å². The van der Waals surface area contributed by atoms with Crippen molar-refractivity contribution >= 4 is 11.6 Å². The van der Waals surface area contributed by atoms with E-state index in [9.17, 15) is 0 Å². The summed E-state index contributed by atoms with van der Waals surface area (Å²) in [6.45, 7) is 8.79. The number of hydrogen-bond donors (Lipinski definition) is 0. The molecule has 0 aliphatic rings. The van der Waals surface area contributed by atoms with E-state index in [0.717, 1.165) is 6.42 Å². The topological polar surface area (TPSA) is 0 Å². The molecule has 1 heteroatoms. The van der Waals surface area contributed by atoms with Crippen molar-refractivity contribution in [3.63, 3.8) is 0 Å². The van der Waals surface area contributed by atoms with Crippen LogP contribution in [0.15, 0.2) is 42.5 Å². The van der Waals surface area contributed by atoms with Crippen LogP contribution >= 0.6 is 11.6 Å². The van der Waals surface area contributed by atoms with E-state index < -0.39 is 0 Å². The number of benzene rings is 2. The van der Waals surface area contributed by atoms with Crippen LogP contribution in [0.3, 0.4) is 0 Å². The Hall–Kier alpha value is -1.27. The standard InChI is InChI=1S/C20H25Cl/c1-5-14(2)18-8-10-19(11-9-18)20(21)13-17-7-6-15(3)16(4)12-17/h6-12,14,20H,5,13H2,1-4H3. The third-order valence-electron chi connectivity index (χ3n) is 4.47. The fourth-order valence-electron chi connectivity index (χ4n) is 2.52. The first-order valence-corrected chi connectivity index (χ1v) is 8.25. The van der Waals surface area contributed by atoms with Crippen molar-refractivity contribution < 1.29 is 0 Å². The number of rotatable bonds is 5. The Morgan fingerprint density at radius 1 is 0.905 bits per heavy atom. The molecular formula is C20H25Cl. The molecule has 0 N–H and O–H groups in total. The molecular weight excluding hydrogens is 276 g/mol. The molecule has 0 heterocycles. The molecule has 0 aliphatic heterocycles. The van der Waals surface area contributed by atoms with Crippen LogP contribution in [0.2, 0.25) is 0 Å². The van der Waals surface area contributed by atoms with Crippen LogP contribution in [-0.4, -0.2) is 0 Å². The predicted octanol–water partition coefficient (Wildman–Crippen LogP) is 6.34. The molecule has 2 aromatic carbocycles. The highest BCUT2D eigenvalue weighted by Crippen LogP contribution is 2.28. The van der Waals surface area contributed by atoms with Crippen molar-refractivity contribution in [1.29, 1.82) is 0 Å². The molecule has 0 nitrogen and oxygen atoms in total. The summed E-state index contributed by atoms with van der Waals surface area (Å²) in [5, 5.41) is 0.0399. The van der Waals surface area contributed by atoms with Gasteiger partial charge in [0.05, 0.1) is 5.38 Å². The van der Waals surface area contributed by atoms with Gasteiger partial charge in [-0.2, -0.15) is 0 Å². The van der Waals surface area contributed by atoms with E-state index in [1.54, 1.807) is 0 Å². The zero-order valence-electron chi connectivity index (χ0n) is 13.5. The van der Waals surface area contributed by atoms with Gasteiger partial charge < -0.3 is 0 Å². The van der Waals surface area contributed by atoms with Crippen LogP contribution < -0.4 is 0 Å². The van der Waals surface area contributed by atoms with Gasteiger partial charge in [0, 0.05) is 0 Å². The maximum atomic E-state index is 6.60. The summed E-state index contributed by atoms with van der Waals surface area (Å²) in [5.74, 6) is 0.618. The van der Waals surface area contributed by atoms with Gasteiger partial charge in [0.25, 0.3) is 0 Å². The lowest BCUT2D eigenvalue weighted by Gasteiger charge is -2.14. The second-order valence-electron chi connectivity index (χ2n) is 6.07. The Balaban J connectivity index is 2.09. The van der Waals surface area contributed by atoms with Crippen LogP contribution in [0.5, 0.6) is 0 Å². The van der Waals surface area contributed by atoms with Crippen LogP contribution in [-0.2, 0) is 6.42 Å². The lowest BCUT2D eigenvalue weighted by molar-refractivity contribution is 0.732. The molecule has 0 aromatic heterocycles. The number of aryl methyl sites for hydroxylation is 2. The van der Waals surface area contributed by atoms with Crippen molar-refractivity contribution in [2.75, 3.05) is 0 Å². The summed E-state index contributed by atoms with van der Waals surface area (Å²) in [5.41, 5.74) is 6.59. The Labute approximate surface area is 134 Å². The van der Waals surface area contributed by atoms with E-state index in [1.165, 1.54) is 34.2 Å². The van der Waals surface area contributed by atoms with Crippen LogP contribution in [0.1, 0.15) is 59.4 Å². The Kier molecular flexibility index (Phi) is 5.47. The molecule has 0 saturated carbocycles. The largest absolute Gasteiger partial charge is 0.117 e. The zero-order chi connectivity index (χ0) is 15.4. The minimum absolute atomic E-state index is 0.0399. The molecule has 2 rings (SSSR count). The van der Waals surface area contributed by atoms with Gasteiger partial charge in [-0.25, -0.2) is 0 Å². The zero-order valence-corrected chi connectivity index (χ0v) is 14.2. The Morgan fingerprint density at radius 3 is 2.10 bits per heavy atom. The van der Waals surface area contributed by atoms with Gasteiger partial charge in [0.1, 0.15) is 0 Å². The number of halogens is 1. The molecule has 2 aromatic rings. The van der Waals surface area contributed by atoms with Crippen molar-refractivity contribution in [3.05, 3.63) is 70.3 Å². The maximum Gasteiger partial charge on any atom is 0.0625 e. The molecule has 21 heavy (non-hydrogen) atoms. The normalized spacial score (nSPS) is 14.0. The van der Waals surface area contributed by atoms with Gasteiger partial charge in [0.15, 0.2) is 0 Å². The number of hydrogen-bond acceptors (Lipinski definition) is 0. The van der Waals surface area contributed by atoms with E-state index >= 15 is 0 Å². The second kappa shape index (κ2) is 7.13. The molecule has 0 radical (unpaired) electrons. The first-order valence-electron chi connectivity index (χ1n) is 7.81. The highest BCUT2D eigenvalue weighted by molar-refractivity contribution is 6.20. The Bertz CT molecular complexity index is 583. The maximum absolute atomic E-state index is 6.60. The molecule has 0 aliphatic carbocycles. The summed E-state index contributed by atoms with van der Waals surface area (Å²) in [7, 11) is 0. The highest BCUT2D eigenvalue weighted by atomic mass is 35.5. The van der Waals surface area contributed by atoms with Crippen molar-refractivity contribution in [1.82, 2.24) is 0 Å². The van der Waals surface area contributed by atoms with E-state index in [4.69, 9.17) is 11.6 Å². The third-order valence-corrected chi connectivity index (χ3v) is 4.87. The van der Waals surface area contributed by atoms with E-state index in [-0.39, 0.29) is 5.38 Å². The molecule has 2 atom stereocenters. The molecule has 0 spiro atoms. The first-order chi connectivity index (χ1) is 10.0. The summed E-state index contributed by atoms with van der Waals surface area (Å²) >= 11 is 6.60. The molecule has 2 unspecified atom stereocenters. The van der Waals surface area contributed by atoms with Crippen LogP contribution in [0.4, 0.5) is 0 Å². The fraction of sp³-hybridized carbons (Fsp3) is 0.400. The summed E-state index contributed by atoms with van der Waals surface area (Å²) in [6.07, 6.45) is 2.05. The van der Waals surface area contributed by atoms with Gasteiger partial charge >= 0.3 is 0 Å². The Morgan fingerprint density at radius 2 is 1.52 bits per heavy atom. The summed E-state index contributed by atoms with van der Waals surface area (Å²) in [4.78, 5) is 0. The van der Waals surface area contributed by atoms with E-state index in [1.807, 2.05) is 0 Å². The minimum atomic E-state index is 0.0399. The quantitative estimate of drug-likeness (QED) is 0.565. The molecule has 0 saturated heterocycles. The molecule has 0 bridgehead atoms. The smallest absolute Gasteiger partial charge is 0.0625 e. The van der Waals surface area contributed by atoms with Gasteiger partial charge in [-0.1, -0.05) is 56.3 Å². The molecule has 0 amide bonds. The van der Waals surface area contributed by atoms with Crippen molar-refractivity contribution in [2.45, 2.75) is 51.8 Å². The average molecular weight is 301 g/mol. The van der Waals surface area contributed by atoms with Gasteiger partial charge in [-0.3, -0.25) is 0 Å². The fourth-order valence-corrected chi connectivity index (χ4v) is 2.85. The summed E-state index contributed by atoms with van der Waals surface area (Å²) < 4.78 is 0. The van der Waals surface area contributed by atoms with E-state index in [2.05, 4.69) is 70.2 Å². The lowest BCUT2D eigenvalue weighted by Crippen LogP contribution is -1.98. The van der Waals surface area contributed by atoms with Crippen molar-refractivity contribution in [2.24, 2.45) is 0 Å². The third kappa shape index (κ3) is 4.11. The monoisotopic (exact) mass is 300 g/mol. The van der Waals surface area contributed by atoms with Crippen molar-refractivity contribution in [3.8, 4) is 0 Å². The first kappa shape index (κ1) is 16.1. The highest BCUT2D eigenvalue weighted by Gasteiger charge is 2.10.